The monoisotopic (exact) mass is 333 g/mol. The lowest BCUT2D eigenvalue weighted by atomic mass is 10.1. The second kappa shape index (κ2) is 7.60. The van der Waals surface area contributed by atoms with Gasteiger partial charge in [-0.15, -0.1) is 0 Å². The molecule has 23 heavy (non-hydrogen) atoms. The van der Waals surface area contributed by atoms with Crippen molar-refractivity contribution in [1.29, 1.82) is 0 Å². The molecule has 7 heteroatoms. The predicted octanol–water partition coefficient (Wildman–Crippen LogP) is 3.28. The molecule has 0 aliphatic heterocycles. The lowest BCUT2D eigenvalue weighted by molar-refractivity contribution is -0.384. The molecule has 0 fully saturated rings. The van der Waals surface area contributed by atoms with E-state index in [0.29, 0.717) is 12.2 Å². The highest BCUT2D eigenvalue weighted by atomic mass is 35.5. The van der Waals surface area contributed by atoms with E-state index >= 15 is 0 Å². The van der Waals surface area contributed by atoms with Crippen molar-refractivity contribution in [1.82, 2.24) is 5.32 Å². The van der Waals surface area contributed by atoms with Gasteiger partial charge in [-0.3, -0.25) is 14.9 Å². The van der Waals surface area contributed by atoms with Crippen molar-refractivity contribution < 1.29 is 9.72 Å². The van der Waals surface area contributed by atoms with Crippen molar-refractivity contribution >= 4 is 28.9 Å². The van der Waals surface area contributed by atoms with Gasteiger partial charge in [0.05, 0.1) is 11.5 Å². The van der Waals surface area contributed by atoms with Crippen LogP contribution in [0.15, 0.2) is 42.5 Å². The molecule has 0 spiro atoms. The third-order valence-corrected chi connectivity index (χ3v) is 3.65. The molecule has 1 amide bonds. The van der Waals surface area contributed by atoms with E-state index in [1.54, 1.807) is 6.07 Å². The summed E-state index contributed by atoms with van der Waals surface area (Å²) in [5, 5.41) is 16.5. The summed E-state index contributed by atoms with van der Waals surface area (Å²) >= 11 is 5.74. The first kappa shape index (κ1) is 16.8. The fourth-order valence-corrected chi connectivity index (χ4v) is 2.20. The molecule has 0 aromatic heterocycles. The Kier molecular flexibility index (Phi) is 5.54. The zero-order chi connectivity index (χ0) is 16.8. The number of hydrogen-bond acceptors (Lipinski definition) is 4. The van der Waals surface area contributed by atoms with Crippen LogP contribution in [0.4, 0.5) is 11.4 Å². The molecule has 0 heterocycles. The van der Waals surface area contributed by atoms with Crippen LogP contribution < -0.4 is 10.6 Å². The summed E-state index contributed by atoms with van der Waals surface area (Å²) < 4.78 is 0. The maximum Gasteiger partial charge on any atom is 0.289 e. The molecule has 0 saturated heterocycles. The van der Waals surface area contributed by atoms with E-state index in [0.717, 1.165) is 11.1 Å². The molecular formula is C16H16ClN3O3. The van der Waals surface area contributed by atoms with Gasteiger partial charge in [-0.25, -0.2) is 0 Å². The Morgan fingerprint density at radius 3 is 2.70 bits per heavy atom. The van der Waals surface area contributed by atoms with E-state index < -0.39 is 4.92 Å². The van der Waals surface area contributed by atoms with Gasteiger partial charge < -0.3 is 10.6 Å². The van der Waals surface area contributed by atoms with Crippen molar-refractivity contribution in [2.75, 3.05) is 11.9 Å². The third kappa shape index (κ3) is 4.69. The molecule has 6 nitrogen and oxygen atoms in total. The third-order valence-electron chi connectivity index (χ3n) is 3.33. The van der Waals surface area contributed by atoms with E-state index in [4.69, 9.17) is 11.6 Å². The number of anilines is 1. The summed E-state index contributed by atoms with van der Waals surface area (Å²) in [4.78, 5) is 22.1. The van der Waals surface area contributed by atoms with Gasteiger partial charge in [0.2, 0.25) is 5.91 Å². The van der Waals surface area contributed by atoms with E-state index in [1.165, 1.54) is 12.1 Å². The minimum Gasteiger partial charge on any atom is -0.376 e. The summed E-state index contributed by atoms with van der Waals surface area (Å²) in [6.45, 7) is 2.44. The molecule has 0 atom stereocenters. The predicted molar refractivity (Wildman–Crippen MR) is 89.6 cm³/mol. The maximum atomic E-state index is 11.9. The van der Waals surface area contributed by atoms with Crippen LogP contribution in [0.5, 0.6) is 0 Å². The minimum atomic E-state index is -0.564. The number of nitro benzene ring substituents is 1. The van der Waals surface area contributed by atoms with E-state index in [2.05, 4.69) is 10.6 Å². The van der Waals surface area contributed by atoms with Gasteiger partial charge in [-0.05, 0) is 30.2 Å². The van der Waals surface area contributed by atoms with Gasteiger partial charge in [0, 0.05) is 18.3 Å². The van der Waals surface area contributed by atoms with Crippen LogP contribution in [0.3, 0.4) is 0 Å². The molecule has 2 N–H and O–H groups in total. The fourth-order valence-electron chi connectivity index (χ4n) is 2.01. The van der Waals surface area contributed by atoms with Gasteiger partial charge in [-0.2, -0.15) is 0 Å². The van der Waals surface area contributed by atoms with Gasteiger partial charge in [0.1, 0.15) is 5.02 Å². The molecule has 0 bridgehead atoms. The standard InChI is InChI=1S/C16H16ClN3O3/c1-11-4-2-3-5-12(11)9-19-16(21)10-18-13-6-7-14(17)15(8-13)20(22)23/h2-8,18H,9-10H2,1H3,(H,19,21). The van der Waals surface area contributed by atoms with Crippen LogP contribution in [0.2, 0.25) is 5.02 Å². The summed E-state index contributed by atoms with van der Waals surface area (Å²) in [6, 6.07) is 12.1. The number of hydrogen-bond donors (Lipinski definition) is 2. The summed E-state index contributed by atoms with van der Waals surface area (Å²) in [6.07, 6.45) is 0. The van der Waals surface area contributed by atoms with Crippen molar-refractivity contribution in [3.05, 3.63) is 68.7 Å². The van der Waals surface area contributed by atoms with Crippen molar-refractivity contribution in [2.24, 2.45) is 0 Å². The molecule has 0 aliphatic rings. The molecule has 2 rings (SSSR count). The molecule has 0 saturated carbocycles. The number of rotatable bonds is 6. The summed E-state index contributed by atoms with van der Waals surface area (Å²) in [5.74, 6) is -0.203. The first-order valence-corrected chi connectivity index (χ1v) is 7.34. The molecule has 2 aromatic carbocycles. The quantitative estimate of drug-likeness (QED) is 0.627. The van der Waals surface area contributed by atoms with Crippen molar-refractivity contribution in [3.8, 4) is 0 Å². The second-order valence-corrected chi connectivity index (χ2v) is 5.39. The first-order valence-electron chi connectivity index (χ1n) is 6.96. The van der Waals surface area contributed by atoms with Gasteiger partial charge in [-0.1, -0.05) is 35.9 Å². The molecule has 0 unspecified atom stereocenters. The zero-order valence-electron chi connectivity index (χ0n) is 12.5. The second-order valence-electron chi connectivity index (χ2n) is 4.98. The van der Waals surface area contributed by atoms with Crippen LogP contribution in [0.25, 0.3) is 0 Å². The Balaban J connectivity index is 1.88. The van der Waals surface area contributed by atoms with Crippen LogP contribution >= 0.6 is 11.6 Å². The largest absolute Gasteiger partial charge is 0.376 e. The number of halogens is 1. The normalized spacial score (nSPS) is 10.2. The Hall–Kier alpha value is -2.60. The number of nitro groups is 1. The Morgan fingerprint density at radius 2 is 2.00 bits per heavy atom. The Bertz CT molecular complexity index is 734. The van der Waals surface area contributed by atoms with Crippen LogP contribution in [0.1, 0.15) is 11.1 Å². The number of benzene rings is 2. The Morgan fingerprint density at radius 1 is 1.26 bits per heavy atom. The molecule has 0 radical (unpaired) electrons. The van der Waals surface area contributed by atoms with Crippen molar-refractivity contribution in [3.63, 3.8) is 0 Å². The van der Waals surface area contributed by atoms with Gasteiger partial charge >= 0.3 is 0 Å². The van der Waals surface area contributed by atoms with Gasteiger partial charge in [0.15, 0.2) is 0 Å². The maximum absolute atomic E-state index is 11.9. The molecule has 2 aromatic rings. The molecular weight excluding hydrogens is 318 g/mol. The number of carbonyl (C=O) groups excluding carboxylic acids is 1. The summed E-state index contributed by atoms with van der Waals surface area (Å²) in [5.41, 5.74) is 2.42. The first-order chi connectivity index (χ1) is 11.0. The number of aryl methyl sites for hydroxylation is 1. The lowest BCUT2D eigenvalue weighted by Crippen LogP contribution is -2.29. The zero-order valence-corrected chi connectivity index (χ0v) is 13.3. The van der Waals surface area contributed by atoms with E-state index in [-0.39, 0.29) is 23.2 Å². The highest BCUT2D eigenvalue weighted by molar-refractivity contribution is 6.32. The highest BCUT2D eigenvalue weighted by Gasteiger charge is 2.13. The number of nitrogens with zero attached hydrogens (tertiary/aromatic N) is 1. The fraction of sp³-hybridized carbons (Fsp3) is 0.188. The van der Waals surface area contributed by atoms with E-state index in [1.807, 2.05) is 31.2 Å². The van der Waals surface area contributed by atoms with Crippen LogP contribution in [-0.4, -0.2) is 17.4 Å². The van der Waals surface area contributed by atoms with Crippen LogP contribution in [-0.2, 0) is 11.3 Å². The Labute approximate surface area is 138 Å². The summed E-state index contributed by atoms with van der Waals surface area (Å²) in [7, 11) is 0. The average molecular weight is 334 g/mol. The molecule has 0 aliphatic carbocycles. The topological polar surface area (TPSA) is 84.3 Å². The highest BCUT2D eigenvalue weighted by Crippen LogP contribution is 2.27. The minimum absolute atomic E-state index is 0.0185. The number of carbonyl (C=O) groups is 1. The number of nitrogens with one attached hydrogen (secondary N) is 2. The SMILES string of the molecule is Cc1ccccc1CNC(=O)CNc1ccc(Cl)c([N+](=O)[O-])c1. The van der Waals surface area contributed by atoms with Gasteiger partial charge in [0.25, 0.3) is 5.69 Å². The smallest absolute Gasteiger partial charge is 0.289 e. The van der Waals surface area contributed by atoms with Crippen molar-refractivity contribution in [2.45, 2.75) is 13.5 Å². The average Bonchev–Trinajstić information content (AvgIpc) is 2.53. The number of amides is 1. The van der Waals surface area contributed by atoms with Crippen LogP contribution in [0, 0.1) is 17.0 Å². The molecule has 120 valence electrons. The van der Waals surface area contributed by atoms with E-state index in [9.17, 15) is 14.9 Å². The lowest BCUT2D eigenvalue weighted by Gasteiger charge is -2.09.